The van der Waals surface area contributed by atoms with Crippen molar-refractivity contribution in [2.75, 3.05) is 44.7 Å². The maximum atomic E-state index is 12.9. The Morgan fingerprint density at radius 2 is 1.63 bits per heavy atom. The first kappa shape index (κ1) is 22.3. The molecule has 0 radical (unpaired) electrons. The van der Waals surface area contributed by atoms with E-state index < -0.39 is 21.8 Å². The van der Waals surface area contributed by atoms with Crippen LogP contribution in [-0.2, 0) is 21.0 Å². The summed E-state index contributed by atoms with van der Waals surface area (Å²) in [6.45, 7) is 0.948. The minimum Gasteiger partial charge on any atom is -0.314 e. The van der Waals surface area contributed by atoms with Crippen LogP contribution in [0.25, 0.3) is 0 Å². The zero-order valence-electron chi connectivity index (χ0n) is 16.3. The van der Waals surface area contributed by atoms with Gasteiger partial charge in [0.15, 0.2) is 0 Å². The molecule has 0 bridgehead atoms. The van der Waals surface area contributed by atoms with Gasteiger partial charge in [-0.15, -0.1) is 0 Å². The van der Waals surface area contributed by atoms with Crippen molar-refractivity contribution in [2.45, 2.75) is 11.1 Å². The summed E-state index contributed by atoms with van der Waals surface area (Å²) in [7, 11) is -2.37. The predicted octanol–water partition coefficient (Wildman–Crippen LogP) is 2.67. The van der Waals surface area contributed by atoms with E-state index in [4.69, 9.17) is 0 Å². The van der Waals surface area contributed by atoms with Gasteiger partial charge in [0.25, 0.3) is 0 Å². The Morgan fingerprint density at radius 3 is 2.23 bits per heavy atom. The number of alkyl halides is 3. The number of halogens is 3. The minimum atomic E-state index is -4.62. The average Bonchev–Trinajstić information content (AvgIpc) is 2.73. The Kier molecular flexibility index (Phi) is 6.49. The molecule has 0 unspecified atom stereocenters. The zero-order valence-corrected chi connectivity index (χ0v) is 17.2. The van der Waals surface area contributed by atoms with Crippen LogP contribution in [0.4, 0.5) is 18.9 Å². The smallest absolute Gasteiger partial charge is 0.314 e. The highest BCUT2D eigenvalue weighted by molar-refractivity contribution is 7.89. The number of rotatable bonds is 5. The lowest BCUT2D eigenvalue weighted by atomic mass is 10.2. The van der Waals surface area contributed by atoms with Crippen LogP contribution in [0.15, 0.2) is 59.5 Å². The molecule has 2 aromatic rings. The number of likely N-dealkylation sites (N-methyl/N-ethyl adjacent to an activating group) is 1. The second kappa shape index (κ2) is 8.75. The van der Waals surface area contributed by atoms with Crippen molar-refractivity contribution in [3.63, 3.8) is 0 Å². The van der Waals surface area contributed by atoms with Gasteiger partial charge in [0.2, 0.25) is 15.9 Å². The summed E-state index contributed by atoms with van der Waals surface area (Å²) >= 11 is 0. The van der Waals surface area contributed by atoms with Crippen molar-refractivity contribution in [3.05, 3.63) is 60.2 Å². The van der Waals surface area contributed by atoms with Crippen LogP contribution in [0, 0.1) is 0 Å². The van der Waals surface area contributed by atoms with Gasteiger partial charge in [-0.25, -0.2) is 8.42 Å². The molecule has 162 valence electrons. The van der Waals surface area contributed by atoms with E-state index in [-0.39, 0.29) is 30.4 Å². The van der Waals surface area contributed by atoms with E-state index in [1.165, 1.54) is 4.90 Å². The molecule has 0 N–H and O–H groups in total. The summed E-state index contributed by atoms with van der Waals surface area (Å²) in [4.78, 5) is 15.5. The lowest BCUT2D eigenvalue weighted by Gasteiger charge is -2.34. The molecule has 3 rings (SSSR count). The highest BCUT2D eigenvalue weighted by atomic mass is 32.2. The van der Waals surface area contributed by atoms with Crippen LogP contribution in [0.1, 0.15) is 5.56 Å². The first-order valence-corrected chi connectivity index (χ1v) is 10.7. The Balaban J connectivity index is 1.62. The number of benzene rings is 2. The maximum Gasteiger partial charge on any atom is 0.416 e. The van der Waals surface area contributed by atoms with Crippen molar-refractivity contribution in [2.24, 2.45) is 0 Å². The molecule has 30 heavy (non-hydrogen) atoms. The molecule has 1 aliphatic rings. The number of nitrogens with zero attached hydrogens (tertiary/aromatic N) is 3. The minimum absolute atomic E-state index is 0.0981. The van der Waals surface area contributed by atoms with Crippen molar-refractivity contribution in [3.8, 4) is 0 Å². The van der Waals surface area contributed by atoms with E-state index in [1.807, 2.05) is 35.2 Å². The summed E-state index contributed by atoms with van der Waals surface area (Å²) in [5.74, 6) is -0.129. The first-order valence-electron chi connectivity index (χ1n) is 9.30. The number of carbonyl (C=O) groups is 1. The Hall–Kier alpha value is -2.43. The number of anilines is 1. The Morgan fingerprint density at radius 1 is 1.00 bits per heavy atom. The number of hydrogen-bond acceptors (Lipinski definition) is 4. The molecular formula is C20H22F3N3O3S. The standard InChI is InChI=1S/C20H22F3N3O3S/c1-24(17-7-3-2-4-8-17)19(27)15-25-10-12-26(13-11-25)30(28,29)18-9-5-6-16(14-18)20(21,22)23/h2-9,14H,10-13,15H2,1H3. The zero-order chi connectivity index (χ0) is 21.9. The number of para-hydroxylation sites is 1. The van der Waals surface area contributed by atoms with Crippen LogP contribution in [0.3, 0.4) is 0 Å². The number of sulfonamides is 1. The van der Waals surface area contributed by atoms with Crippen LogP contribution in [0.2, 0.25) is 0 Å². The highest BCUT2D eigenvalue weighted by Gasteiger charge is 2.34. The lowest BCUT2D eigenvalue weighted by molar-refractivity contribution is -0.137. The van der Waals surface area contributed by atoms with Gasteiger partial charge < -0.3 is 4.90 Å². The molecular weight excluding hydrogens is 419 g/mol. The van der Waals surface area contributed by atoms with Gasteiger partial charge >= 0.3 is 6.18 Å². The van der Waals surface area contributed by atoms with Crippen LogP contribution >= 0.6 is 0 Å². The van der Waals surface area contributed by atoms with E-state index in [9.17, 15) is 26.4 Å². The average molecular weight is 441 g/mol. The SMILES string of the molecule is CN(C(=O)CN1CCN(S(=O)(=O)c2cccc(C(F)(F)F)c2)CC1)c1ccccc1. The van der Waals surface area contributed by atoms with E-state index in [1.54, 1.807) is 7.05 Å². The summed E-state index contributed by atoms with van der Waals surface area (Å²) in [5, 5.41) is 0. The van der Waals surface area contributed by atoms with Crippen LogP contribution < -0.4 is 4.90 Å². The van der Waals surface area contributed by atoms with Crippen molar-refractivity contribution in [1.29, 1.82) is 0 Å². The highest BCUT2D eigenvalue weighted by Crippen LogP contribution is 2.31. The van der Waals surface area contributed by atoms with Gasteiger partial charge in [-0.1, -0.05) is 24.3 Å². The van der Waals surface area contributed by atoms with E-state index in [2.05, 4.69) is 0 Å². The number of carbonyl (C=O) groups excluding carboxylic acids is 1. The summed E-state index contributed by atoms with van der Waals surface area (Å²) < 4.78 is 65.4. The third-order valence-electron chi connectivity index (χ3n) is 5.01. The van der Waals surface area contributed by atoms with Gasteiger partial charge in [-0.3, -0.25) is 9.69 Å². The molecule has 0 saturated carbocycles. The fourth-order valence-corrected chi connectivity index (χ4v) is 4.67. The van der Waals surface area contributed by atoms with Gasteiger partial charge in [0.1, 0.15) is 0 Å². The summed E-state index contributed by atoms with van der Waals surface area (Å²) in [6, 6.07) is 12.9. The monoisotopic (exact) mass is 441 g/mol. The van der Waals surface area contributed by atoms with Crippen LogP contribution in [0.5, 0.6) is 0 Å². The predicted molar refractivity (Wildman–Crippen MR) is 106 cm³/mol. The third-order valence-corrected chi connectivity index (χ3v) is 6.90. The van der Waals surface area contributed by atoms with Gasteiger partial charge in [-0.2, -0.15) is 17.5 Å². The van der Waals surface area contributed by atoms with E-state index in [0.29, 0.717) is 19.2 Å². The normalized spacial score (nSPS) is 16.4. The van der Waals surface area contributed by atoms with Gasteiger partial charge in [0, 0.05) is 38.9 Å². The van der Waals surface area contributed by atoms with Gasteiger partial charge in [0.05, 0.1) is 17.0 Å². The Bertz CT molecular complexity index is 989. The van der Waals surface area contributed by atoms with Gasteiger partial charge in [-0.05, 0) is 30.3 Å². The maximum absolute atomic E-state index is 12.9. The molecule has 0 aliphatic carbocycles. The molecule has 1 amide bonds. The van der Waals surface area contributed by atoms with Crippen molar-refractivity contribution >= 4 is 21.6 Å². The summed E-state index contributed by atoms with van der Waals surface area (Å²) in [6.07, 6.45) is -4.62. The van der Waals surface area contributed by atoms with Crippen LogP contribution in [-0.4, -0.2) is 63.3 Å². The topological polar surface area (TPSA) is 60.9 Å². The first-order chi connectivity index (χ1) is 14.1. The fourth-order valence-electron chi connectivity index (χ4n) is 3.20. The molecule has 0 spiro atoms. The molecule has 1 aliphatic heterocycles. The number of hydrogen-bond donors (Lipinski definition) is 0. The molecule has 10 heteroatoms. The third kappa shape index (κ3) is 5.00. The number of piperazine rings is 1. The van der Waals surface area contributed by atoms with Crippen molar-refractivity contribution in [1.82, 2.24) is 9.21 Å². The molecule has 0 atom stereocenters. The second-order valence-electron chi connectivity index (χ2n) is 6.99. The number of amides is 1. The van der Waals surface area contributed by atoms with E-state index in [0.717, 1.165) is 28.2 Å². The largest absolute Gasteiger partial charge is 0.416 e. The lowest BCUT2D eigenvalue weighted by Crippen LogP contribution is -2.51. The second-order valence-corrected chi connectivity index (χ2v) is 8.93. The summed E-state index contributed by atoms with van der Waals surface area (Å²) in [5.41, 5.74) is -0.245. The fraction of sp³-hybridized carbons (Fsp3) is 0.350. The molecule has 1 heterocycles. The molecule has 2 aromatic carbocycles. The Labute approximate surface area is 173 Å². The molecule has 1 fully saturated rings. The molecule has 0 aromatic heterocycles. The van der Waals surface area contributed by atoms with Crippen molar-refractivity contribution < 1.29 is 26.4 Å². The van der Waals surface area contributed by atoms with E-state index >= 15 is 0 Å². The molecule has 6 nitrogen and oxygen atoms in total. The molecule has 1 saturated heterocycles. The quantitative estimate of drug-likeness (QED) is 0.716.